The summed E-state index contributed by atoms with van der Waals surface area (Å²) < 4.78 is 11.9. The Balaban J connectivity index is 1.71. The van der Waals surface area contributed by atoms with Crippen LogP contribution in [-0.4, -0.2) is 82.2 Å². The molecule has 3 heterocycles. The van der Waals surface area contributed by atoms with Crippen LogP contribution in [0.4, 0.5) is 0 Å². The maximum Gasteiger partial charge on any atom is 0.355 e. The van der Waals surface area contributed by atoms with Crippen LogP contribution in [0.2, 0.25) is 0 Å². The minimum absolute atomic E-state index is 0.0406. The largest absolute Gasteiger partial charge is 0.451 e. The van der Waals surface area contributed by atoms with E-state index in [1.807, 2.05) is 0 Å². The highest BCUT2D eigenvalue weighted by Gasteiger charge is 3.10. The van der Waals surface area contributed by atoms with Gasteiger partial charge in [-0.15, -0.1) is 0 Å². The summed E-state index contributed by atoms with van der Waals surface area (Å²) in [6, 6.07) is 3.02. The van der Waals surface area contributed by atoms with Crippen LogP contribution in [0.3, 0.4) is 0 Å². The van der Waals surface area contributed by atoms with Gasteiger partial charge in [-0.1, -0.05) is 26.8 Å². The molecule has 10 heteroatoms. The summed E-state index contributed by atoms with van der Waals surface area (Å²) in [5, 5.41) is 62.0. The quantitative estimate of drug-likeness (QED) is 0.319. The third-order valence-electron chi connectivity index (χ3n) is 10.7. The van der Waals surface area contributed by atoms with Gasteiger partial charge in [0, 0.05) is 18.0 Å². The van der Waals surface area contributed by atoms with Gasteiger partial charge < -0.3 is 40.0 Å². The number of carbonyl (C=O) groups excluding carboxylic acids is 2. The SMILES string of the molecule is CC1=CC[C@]2(O)[C@]3(C)C[C@]4(O)O[C@@]2(C1=O)[C@]1(O)[C@@]3(O)[C@H](OC(=O)c2ccc[nH]2)[C@](O)(C(C)C)[C@@]14C. The number of aromatic amines is 1. The van der Waals surface area contributed by atoms with Crippen molar-refractivity contribution in [3.05, 3.63) is 35.7 Å². The van der Waals surface area contributed by atoms with Crippen molar-refractivity contribution >= 4 is 11.8 Å². The molecule has 6 bridgehead atoms. The number of aliphatic hydroxyl groups is 5. The molecule has 1 aromatic heterocycles. The minimum atomic E-state index is -2.73. The Bertz CT molecular complexity index is 1230. The summed E-state index contributed by atoms with van der Waals surface area (Å²) in [5.41, 5.74) is -16.0. The standard InChI is InChI=1S/C25H31NO9/c1-12(2)22(31)17(34-16(28)14-7-6-10-26-14)23(32)18(4)11-21(30)19(22,5)25(23,33)24(35-21)15(27)13(3)8-9-20(18,24)29/h6-8,10,12,17,26,29-33H,9,11H2,1-5H3/t17-,18+,19+,20+,21+,22-,23-,24-,25-/m1/s1. The number of carbonyl (C=O) groups is 2. The molecular formula is C25H31NO9. The molecule has 190 valence electrons. The van der Waals surface area contributed by atoms with E-state index in [1.54, 1.807) is 19.9 Å². The van der Waals surface area contributed by atoms with E-state index in [9.17, 15) is 35.1 Å². The maximum absolute atomic E-state index is 13.8. The smallest absolute Gasteiger partial charge is 0.355 e. The molecule has 3 saturated carbocycles. The van der Waals surface area contributed by atoms with E-state index >= 15 is 0 Å². The predicted octanol–water partition coefficient (Wildman–Crippen LogP) is -0.0593. The van der Waals surface area contributed by atoms with Crippen molar-refractivity contribution in [2.24, 2.45) is 16.7 Å². The van der Waals surface area contributed by atoms with Crippen molar-refractivity contribution in [3.63, 3.8) is 0 Å². The number of ketones is 1. The van der Waals surface area contributed by atoms with Gasteiger partial charge in [0.2, 0.25) is 0 Å². The van der Waals surface area contributed by atoms with Crippen LogP contribution >= 0.6 is 0 Å². The number of hydrogen-bond donors (Lipinski definition) is 6. The van der Waals surface area contributed by atoms with E-state index in [-0.39, 0.29) is 17.7 Å². The van der Waals surface area contributed by atoms with Crippen molar-refractivity contribution < 1.29 is 44.6 Å². The summed E-state index contributed by atoms with van der Waals surface area (Å²) in [4.78, 5) is 29.7. The summed E-state index contributed by atoms with van der Waals surface area (Å²) in [5.74, 6) is -4.84. The molecule has 0 unspecified atom stereocenters. The molecule has 2 aliphatic heterocycles. The Morgan fingerprint density at radius 3 is 2.43 bits per heavy atom. The number of esters is 1. The molecule has 9 atom stereocenters. The van der Waals surface area contributed by atoms with Crippen molar-refractivity contribution in [2.45, 2.75) is 87.4 Å². The molecule has 5 fully saturated rings. The first-order valence-electron chi connectivity index (χ1n) is 11.9. The van der Waals surface area contributed by atoms with Crippen LogP contribution in [0.15, 0.2) is 30.0 Å². The van der Waals surface area contributed by atoms with Gasteiger partial charge in [0.1, 0.15) is 22.5 Å². The van der Waals surface area contributed by atoms with Crippen LogP contribution < -0.4 is 0 Å². The second kappa shape index (κ2) is 5.74. The van der Waals surface area contributed by atoms with Crippen LogP contribution in [0.25, 0.3) is 0 Å². The van der Waals surface area contributed by atoms with Crippen molar-refractivity contribution in [1.82, 2.24) is 4.98 Å². The normalized spacial score (nSPS) is 55.5. The number of hydrogen-bond acceptors (Lipinski definition) is 9. The number of ether oxygens (including phenoxy) is 2. The van der Waals surface area contributed by atoms with Gasteiger partial charge in [-0.05, 0) is 43.9 Å². The van der Waals surface area contributed by atoms with Gasteiger partial charge in [0.05, 0.1) is 5.41 Å². The molecule has 10 nitrogen and oxygen atoms in total. The zero-order valence-electron chi connectivity index (χ0n) is 20.2. The van der Waals surface area contributed by atoms with E-state index in [1.165, 1.54) is 39.1 Å². The monoisotopic (exact) mass is 489 g/mol. The highest BCUT2D eigenvalue weighted by molar-refractivity contribution is 6.07. The summed E-state index contributed by atoms with van der Waals surface area (Å²) in [6.45, 7) is 7.48. The molecule has 1 spiro atoms. The third-order valence-corrected chi connectivity index (χ3v) is 10.7. The average molecular weight is 490 g/mol. The maximum atomic E-state index is 13.8. The predicted molar refractivity (Wildman–Crippen MR) is 118 cm³/mol. The molecule has 6 N–H and O–H groups in total. The zero-order chi connectivity index (χ0) is 25.8. The van der Waals surface area contributed by atoms with Gasteiger partial charge in [0.25, 0.3) is 0 Å². The lowest BCUT2D eigenvalue weighted by Gasteiger charge is -2.58. The molecule has 0 amide bonds. The second-order valence-corrected chi connectivity index (χ2v) is 11.8. The third kappa shape index (κ3) is 1.67. The fourth-order valence-electron chi connectivity index (χ4n) is 8.96. The van der Waals surface area contributed by atoms with Crippen LogP contribution in [0.5, 0.6) is 0 Å². The zero-order valence-corrected chi connectivity index (χ0v) is 20.2. The fraction of sp³-hybridized carbons (Fsp3) is 0.680. The van der Waals surface area contributed by atoms with Crippen molar-refractivity contribution in [2.75, 3.05) is 0 Å². The van der Waals surface area contributed by atoms with Crippen LogP contribution in [-0.2, 0) is 14.3 Å². The molecule has 6 aliphatic rings. The Kier molecular flexibility index (Phi) is 3.82. The molecule has 1 aromatic rings. The lowest BCUT2D eigenvalue weighted by molar-refractivity contribution is -0.366. The molecule has 7 rings (SSSR count). The van der Waals surface area contributed by atoms with Gasteiger partial charge in [0.15, 0.2) is 28.9 Å². The van der Waals surface area contributed by atoms with Crippen molar-refractivity contribution in [1.29, 1.82) is 0 Å². The summed E-state index contributed by atoms with van der Waals surface area (Å²) in [7, 11) is 0. The van der Waals surface area contributed by atoms with Gasteiger partial charge in [-0.25, -0.2) is 4.79 Å². The molecule has 2 saturated heterocycles. The highest BCUT2D eigenvalue weighted by atomic mass is 16.7. The molecule has 0 aromatic carbocycles. The topological polar surface area (TPSA) is 170 Å². The molecule has 35 heavy (non-hydrogen) atoms. The van der Waals surface area contributed by atoms with E-state index < -0.39 is 74.8 Å². The Labute approximate surface area is 201 Å². The van der Waals surface area contributed by atoms with Crippen LogP contribution in [0, 0.1) is 16.7 Å². The van der Waals surface area contributed by atoms with Gasteiger partial charge >= 0.3 is 5.97 Å². The molecule has 4 aliphatic carbocycles. The van der Waals surface area contributed by atoms with Gasteiger partial charge in [-0.2, -0.15) is 0 Å². The first-order valence-corrected chi connectivity index (χ1v) is 11.9. The second-order valence-electron chi connectivity index (χ2n) is 11.8. The van der Waals surface area contributed by atoms with Crippen LogP contribution in [0.1, 0.15) is 57.9 Å². The lowest BCUT2D eigenvalue weighted by atomic mass is 9.52. The van der Waals surface area contributed by atoms with Crippen molar-refractivity contribution in [3.8, 4) is 0 Å². The minimum Gasteiger partial charge on any atom is -0.451 e. The molecule has 0 radical (unpaired) electrons. The van der Waals surface area contributed by atoms with E-state index in [2.05, 4.69) is 4.98 Å². The lowest BCUT2D eigenvalue weighted by Crippen LogP contribution is -2.73. The molecular weight excluding hydrogens is 458 g/mol. The highest BCUT2D eigenvalue weighted by Crippen LogP contribution is 2.89. The Hall–Kier alpha value is -2.08. The van der Waals surface area contributed by atoms with E-state index in [0.717, 1.165) is 0 Å². The first-order chi connectivity index (χ1) is 16.0. The number of Topliss-reactive ketones (excluding diaryl/α,β-unsaturated/α-hetero) is 1. The number of rotatable bonds is 3. The number of aromatic nitrogens is 1. The fourth-order valence-corrected chi connectivity index (χ4v) is 8.96. The Morgan fingerprint density at radius 2 is 1.86 bits per heavy atom. The number of nitrogens with one attached hydrogen (secondary N) is 1. The van der Waals surface area contributed by atoms with Gasteiger partial charge in [-0.3, -0.25) is 4.79 Å². The summed E-state index contributed by atoms with van der Waals surface area (Å²) >= 11 is 0. The van der Waals surface area contributed by atoms with E-state index in [0.29, 0.717) is 0 Å². The van der Waals surface area contributed by atoms with E-state index in [4.69, 9.17) is 9.47 Å². The average Bonchev–Trinajstić information content (AvgIpc) is 3.41. The summed E-state index contributed by atoms with van der Waals surface area (Å²) in [6.07, 6.45) is 0.608. The Morgan fingerprint density at radius 1 is 1.20 bits per heavy atom. The number of H-pyrrole nitrogens is 1. The first kappa shape index (κ1) is 23.3.